The van der Waals surface area contributed by atoms with Gasteiger partial charge in [-0.05, 0) is 56.0 Å². The summed E-state index contributed by atoms with van der Waals surface area (Å²) in [5, 5.41) is 14.9. The summed E-state index contributed by atoms with van der Waals surface area (Å²) in [5.74, 6) is 0.517. The molecule has 1 aromatic carbocycles. The van der Waals surface area contributed by atoms with E-state index in [-0.39, 0.29) is 5.69 Å². The highest BCUT2D eigenvalue weighted by Crippen LogP contribution is 2.29. The Kier molecular flexibility index (Phi) is 6.97. The smallest absolute Gasteiger partial charge is 0.290 e. The van der Waals surface area contributed by atoms with Crippen LogP contribution in [0.1, 0.15) is 58.2 Å². The molecule has 0 saturated heterocycles. The van der Waals surface area contributed by atoms with E-state index in [2.05, 4.69) is 32.5 Å². The van der Waals surface area contributed by atoms with Gasteiger partial charge in [-0.25, -0.2) is 4.79 Å². The number of hydrogen-bond acceptors (Lipinski definition) is 5. The first-order chi connectivity index (χ1) is 16.3. The predicted molar refractivity (Wildman–Crippen MR) is 134 cm³/mol. The van der Waals surface area contributed by atoms with E-state index in [4.69, 9.17) is 11.6 Å². The number of nitrogens with zero attached hydrogens (tertiary/aromatic N) is 6. The lowest BCUT2D eigenvalue weighted by atomic mass is 10.0. The molecule has 0 amide bonds. The van der Waals surface area contributed by atoms with E-state index in [0.717, 1.165) is 53.6 Å². The van der Waals surface area contributed by atoms with Gasteiger partial charge in [-0.3, -0.25) is 14.1 Å². The summed E-state index contributed by atoms with van der Waals surface area (Å²) >= 11 is 6.75. The molecule has 8 nitrogen and oxygen atoms in total. The van der Waals surface area contributed by atoms with Crippen molar-refractivity contribution < 1.29 is 0 Å². The molecule has 0 aliphatic rings. The normalized spacial score (nSPS) is 11.8. The Morgan fingerprint density at radius 1 is 1.06 bits per heavy atom. The molecule has 178 valence electrons. The number of nitrogens with one attached hydrogen (secondary N) is 1. The molecule has 0 saturated carbocycles. The number of unbranched alkanes of at least 4 members (excludes halogenated alkanes) is 2. The van der Waals surface area contributed by atoms with Gasteiger partial charge in [-0.1, -0.05) is 55.6 Å². The second-order valence-corrected chi connectivity index (χ2v) is 9.78. The van der Waals surface area contributed by atoms with Gasteiger partial charge in [0, 0.05) is 29.1 Å². The Labute approximate surface area is 204 Å². The summed E-state index contributed by atoms with van der Waals surface area (Å²) in [6.45, 7) is 8.65. The SMILES string of the molecule is CCCCCc1c(Cl)n(C(C)(C)C)c(=O)n1Cc1ccc(-c2cnccc2-c2nn[nH]n2)cc1. The number of halogens is 1. The van der Waals surface area contributed by atoms with E-state index in [1.807, 2.05) is 55.7 Å². The summed E-state index contributed by atoms with van der Waals surface area (Å²) in [6.07, 6.45) is 7.51. The van der Waals surface area contributed by atoms with Crippen molar-refractivity contribution in [2.45, 2.75) is 65.5 Å². The maximum atomic E-state index is 13.4. The number of aromatic nitrogens is 7. The van der Waals surface area contributed by atoms with Crippen molar-refractivity contribution in [1.29, 1.82) is 0 Å². The summed E-state index contributed by atoms with van der Waals surface area (Å²) < 4.78 is 3.53. The van der Waals surface area contributed by atoms with Gasteiger partial charge in [-0.2, -0.15) is 5.21 Å². The van der Waals surface area contributed by atoms with Gasteiger partial charge in [0.25, 0.3) is 0 Å². The Morgan fingerprint density at radius 3 is 2.47 bits per heavy atom. The van der Waals surface area contributed by atoms with Crippen molar-refractivity contribution in [3.63, 3.8) is 0 Å². The number of aromatic amines is 1. The number of H-pyrrole nitrogens is 1. The van der Waals surface area contributed by atoms with Crippen LogP contribution < -0.4 is 5.69 Å². The van der Waals surface area contributed by atoms with Gasteiger partial charge < -0.3 is 0 Å². The number of rotatable bonds is 8. The lowest BCUT2D eigenvalue weighted by Gasteiger charge is -2.20. The van der Waals surface area contributed by atoms with Gasteiger partial charge in [0.1, 0.15) is 5.15 Å². The van der Waals surface area contributed by atoms with Crippen LogP contribution in [-0.2, 0) is 18.5 Å². The lowest BCUT2D eigenvalue weighted by Crippen LogP contribution is -2.35. The molecule has 0 bridgehead atoms. The molecule has 0 fully saturated rings. The van der Waals surface area contributed by atoms with Crippen molar-refractivity contribution in [2.24, 2.45) is 0 Å². The summed E-state index contributed by atoms with van der Waals surface area (Å²) in [5.41, 5.74) is 4.21. The number of benzene rings is 1. The van der Waals surface area contributed by atoms with Crippen molar-refractivity contribution in [3.05, 3.63) is 69.6 Å². The van der Waals surface area contributed by atoms with E-state index >= 15 is 0 Å². The van der Waals surface area contributed by atoms with Crippen LogP contribution in [0, 0.1) is 0 Å². The first-order valence-corrected chi connectivity index (χ1v) is 12.0. The zero-order valence-corrected chi connectivity index (χ0v) is 20.8. The number of hydrogen-bond donors (Lipinski definition) is 1. The fraction of sp³-hybridized carbons (Fsp3) is 0.400. The van der Waals surface area contributed by atoms with Gasteiger partial charge in [-0.15, -0.1) is 10.2 Å². The molecule has 4 rings (SSSR count). The van der Waals surface area contributed by atoms with E-state index in [1.54, 1.807) is 17.0 Å². The molecule has 3 aromatic heterocycles. The predicted octanol–water partition coefficient (Wildman–Crippen LogP) is 5.08. The zero-order chi connectivity index (χ0) is 24.3. The Hall–Kier alpha value is -3.26. The summed E-state index contributed by atoms with van der Waals surface area (Å²) in [4.78, 5) is 17.6. The second kappa shape index (κ2) is 9.93. The highest BCUT2D eigenvalue weighted by Gasteiger charge is 2.26. The molecular weight excluding hydrogens is 450 g/mol. The van der Waals surface area contributed by atoms with Crippen LogP contribution in [0.3, 0.4) is 0 Å². The average Bonchev–Trinajstić information content (AvgIpc) is 3.42. The van der Waals surface area contributed by atoms with Gasteiger partial charge in [0.05, 0.1) is 12.2 Å². The molecule has 0 unspecified atom stereocenters. The maximum absolute atomic E-state index is 13.4. The maximum Gasteiger partial charge on any atom is 0.330 e. The van der Waals surface area contributed by atoms with Crippen molar-refractivity contribution in [1.82, 2.24) is 34.7 Å². The third kappa shape index (κ3) is 4.82. The first-order valence-electron chi connectivity index (χ1n) is 11.6. The van der Waals surface area contributed by atoms with Crippen LogP contribution >= 0.6 is 11.6 Å². The molecular formula is C25H30ClN7O. The van der Waals surface area contributed by atoms with Gasteiger partial charge in [0.2, 0.25) is 5.82 Å². The van der Waals surface area contributed by atoms with Crippen LogP contribution in [0.4, 0.5) is 0 Å². The fourth-order valence-corrected chi connectivity index (χ4v) is 4.68. The Bertz CT molecular complexity index is 1300. The van der Waals surface area contributed by atoms with E-state index in [1.165, 1.54) is 0 Å². The molecule has 1 N–H and O–H groups in total. The minimum absolute atomic E-state index is 0.0697. The number of tetrazole rings is 1. The largest absolute Gasteiger partial charge is 0.330 e. The van der Waals surface area contributed by atoms with Crippen molar-refractivity contribution in [3.8, 4) is 22.5 Å². The molecule has 0 aliphatic carbocycles. The van der Waals surface area contributed by atoms with Crippen LogP contribution in [0.5, 0.6) is 0 Å². The second-order valence-electron chi connectivity index (χ2n) is 9.42. The first kappa shape index (κ1) is 23.9. The quantitative estimate of drug-likeness (QED) is 0.355. The monoisotopic (exact) mass is 479 g/mol. The van der Waals surface area contributed by atoms with E-state index in [0.29, 0.717) is 17.5 Å². The van der Waals surface area contributed by atoms with Crippen LogP contribution in [-0.4, -0.2) is 34.7 Å². The minimum Gasteiger partial charge on any atom is -0.290 e. The molecule has 0 spiro atoms. The molecule has 3 heterocycles. The lowest BCUT2D eigenvalue weighted by molar-refractivity contribution is 0.380. The van der Waals surface area contributed by atoms with Crippen LogP contribution in [0.25, 0.3) is 22.5 Å². The third-order valence-corrected chi connectivity index (χ3v) is 6.27. The van der Waals surface area contributed by atoms with Crippen molar-refractivity contribution >= 4 is 11.6 Å². The Balaban J connectivity index is 1.67. The number of pyridine rings is 1. The topological polar surface area (TPSA) is 94.3 Å². The van der Waals surface area contributed by atoms with Gasteiger partial charge in [0.15, 0.2) is 0 Å². The van der Waals surface area contributed by atoms with E-state index < -0.39 is 5.54 Å². The Morgan fingerprint density at radius 2 is 1.82 bits per heavy atom. The molecule has 4 aromatic rings. The minimum atomic E-state index is -0.394. The highest BCUT2D eigenvalue weighted by atomic mass is 35.5. The van der Waals surface area contributed by atoms with Crippen molar-refractivity contribution in [2.75, 3.05) is 0 Å². The fourth-order valence-electron chi connectivity index (χ4n) is 4.15. The average molecular weight is 480 g/mol. The third-order valence-electron chi connectivity index (χ3n) is 5.88. The molecule has 0 aliphatic heterocycles. The molecule has 34 heavy (non-hydrogen) atoms. The summed E-state index contributed by atoms with van der Waals surface area (Å²) in [7, 11) is 0. The zero-order valence-electron chi connectivity index (χ0n) is 20.0. The molecule has 9 heteroatoms. The van der Waals surface area contributed by atoms with E-state index in [9.17, 15) is 4.79 Å². The molecule has 0 atom stereocenters. The number of imidazole rings is 1. The highest BCUT2D eigenvalue weighted by molar-refractivity contribution is 6.30. The summed E-state index contributed by atoms with van der Waals surface area (Å²) in [6, 6.07) is 9.99. The molecule has 0 radical (unpaired) electrons. The van der Waals surface area contributed by atoms with Crippen LogP contribution in [0.15, 0.2) is 47.5 Å². The van der Waals surface area contributed by atoms with Gasteiger partial charge >= 0.3 is 5.69 Å². The van der Waals surface area contributed by atoms with Crippen LogP contribution in [0.2, 0.25) is 5.15 Å². The standard InChI is InChI=1S/C25H30ClN7O/c1-5-6-7-8-21-22(26)33(25(2,3)4)24(34)32(21)16-17-9-11-18(12-10-17)20-15-27-14-13-19(20)23-28-30-31-29-23/h9-15H,5-8,16H2,1-4H3,(H,28,29,30,31).